The summed E-state index contributed by atoms with van der Waals surface area (Å²) in [5.41, 5.74) is 21.1. The third-order valence-corrected chi connectivity index (χ3v) is 13.0. The van der Waals surface area contributed by atoms with E-state index in [1.807, 2.05) is 0 Å². The van der Waals surface area contributed by atoms with Crippen molar-refractivity contribution in [2.24, 2.45) is 0 Å². The van der Waals surface area contributed by atoms with Crippen LogP contribution in [-0.4, -0.2) is 0 Å². The lowest BCUT2D eigenvalue weighted by atomic mass is 9.70. The van der Waals surface area contributed by atoms with Crippen LogP contribution in [0.4, 0.5) is 34.1 Å². The van der Waals surface area contributed by atoms with Gasteiger partial charge >= 0.3 is 0 Å². The second-order valence-electron chi connectivity index (χ2n) is 16.4. The number of hydrogen-bond donors (Lipinski definition) is 0. The molecule has 0 aromatic heterocycles. The van der Waals surface area contributed by atoms with E-state index >= 15 is 0 Å². The molecule has 0 saturated carbocycles. The van der Waals surface area contributed by atoms with Crippen molar-refractivity contribution in [3.63, 3.8) is 0 Å². The van der Waals surface area contributed by atoms with E-state index in [1.165, 1.54) is 66.8 Å². The maximum Gasteiger partial charge on any atom is 0.0727 e. The van der Waals surface area contributed by atoms with Crippen LogP contribution in [0.1, 0.15) is 22.3 Å². The number of fused-ring (bicyclic) bond motifs is 10. The van der Waals surface area contributed by atoms with Gasteiger partial charge in [0, 0.05) is 33.9 Å². The molecule has 0 aliphatic heterocycles. The van der Waals surface area contributed by atoms with Crippen LogP contribution in [0.15, 0.2) is 255 Å². The average Bonchev–Trinajstić information content (AvgIpc) is 3.83. The van der Waals surface area contributed by atoms with Crippen molar-refractivity contribution in [1.82, 2.24) is 0 Å². The van der Waals surface area contributed by atoms with E-state index in [-0.39, 0.29) is 0 Å². The molecule has 0 heterocycles. The molecule has 1 atom stereocenters. The predicted octanol–water partition coefficient (Wildman–Crippen LogP) is 16.3. The van der Waals surface area contributed by atoms with Crippen LogP contribution >= 0.6 is 0 Å². The fourth-order valence-electron chi connectivity index (χ4n) is 10.5. The average molecular weight is 803 g/mol. The van der Waals surface area contributed by atoms with Gasteiger partial charge in [0.25, 0.3) is 0 Å². The molecule has 2 heteroatoms. The van der Waals surface area contributed by atoms with E-state index in [0.717, 1.165) is 34.1 Å². The van der Waals surface area contributed by atoms with Gasteiger partial charge in [-0.2, -0.15) is 0 Å². The molecule has 1 unspecified atom stereocenters. The van der Waals surface area contributed by atoms with Gasteiger partial charge < -0.3 is 9.80 Å². The SMILES string of the molecule is c1ccc(-c2ccc(N(c3ccccc3)c3ccc4c(c3)C3(c5ccccc5-4)c4ccccc4-c4c(N(c5ccccc5)c5ccccc5)cccc43)c(-c3ccccc3)c2)cc1. The Morgan fingerprint density at radius 1 is 0.238 bits per heavy atom. The summed E-state index contributed by atoms with van der Waals surface area (Å²) in [5.74, 6) is 0. The summed E-state index contributed by atoms with van der Waals surface area (Å²) >= 11 is 0. The minimum Gasteiger partial charge on any atom is -0.310 e. The van der Waals surface area contributed by atoms with E-state index in [9.17, 15) is 0 Å². The molecule has 2 nitrogen and oxygen atoms in total. The first-order chi connectivity index (χ1) is 31.3. The van der Waals surface area contributed by atoms with Crippen molar-refractivity contribution in [1.29, 1.82) is 0 Å². The fraction of sp³-hybridized carbons (Fsp3) is 0.0164. The van der Waals surface area contributed by atoms with Gasteiger partial charge in [-0.1, -0.05) is 188 Å². The molecule has 2 aliphatic rings. The first-order valence-corrected chi connectivity index (χ1v) is 21.8. The van der Waals surface area contributed by atoms with Crippen LogP contribution in [-0.2, 0) is 5.41 Å². The molecule has 0 fully saturated rings. The topological polar surface area (TPSA) is 6.48 Å². The van der Waals surface area contributed by atoms with Crippen LogP contribution in [0.5, 0.6) is 0 Å². The molecule has 10 aromatic rings. The third-order valence-electron chi connectivity index (χ3n) is 13.0. The van der Waals surface area contributed by atoms with E-state index < -0.39 is 5.41 Å². The van der Waals surface area contributed by atoms with E-state index in [0.29, 0.717) is 0 Å². The summed E-state index contributed by atoms with van der Waals surface area (Å²) in [6.07, 6.45) is 0. The molecular weight excluding hydrogens is 761 g/mol. The van der Waals surface area contributed by atoms with Gasteiger partial charge in [-0.3, -0.25) is 0 Å². The molecule has 12 rings (SSSR count). The van der Waals surface area contributed by atoms with Crippen LogP contribution in [0.3, 0.4) is 0 Å². The molecule has 10 aromatic carbocycles. The third kappa shape index (κ3) is 5.80. The molecular formula is C61H42N2. The standard InChI is InChI=1S/C61H42N2/c1-6-21-43(22-7-1)45-37-40-58(53(41-45)44-23-8-2-9-24-44)63(48-29-14-5-15-30-48)49-38-39-51-50-31-16-18-33-54(50)61(57(51)42-49)55-34-19-17-32-52(55)60-56(61)35-20-36-59(60)62(46-25-10-3-11-26-46)47-27-12-4-13-28-47/h1-42H. The van der Waals surface area contributed by atoms with Crippen molar-refractivity contribution in [2.75, 3.05) is 9.80 Å². The number of anilines is 6. The van der Waals surface area contributed by atoms with Crippen molar-refractivity contribution >= 4 is 34.1 Å². The molecule has 1 spiro atoms. The summed E-state index contributed by atoms with van der Waals surface area (Å²) in [6.45, 7) is 0. The van der Waals surface area contributed by atoms with Crippen molar-refractivity contribution in [2.45, 2.75) is 5.41 Å². The zero-order valence-electron chi connectivity index (χ0n) is 34.6. The Kier molecular flexibility index (Phi) is 8.76. The van der Waals surface area contributed by atoms with Gasteiger partial charge in [0.1, 0.15) is 0 Å². The van der Waals surface area contributed by atoms with Gasteiger partial charge in [0.15, 0.2) is 0 Å². The Morgan fingerprint density at radius 3 is 1.33 bits per heavy atom. The maximum atomic E-state index is 2.49. The van der Waals surface area contributed by atoms with Gasteiger partial charge in [-0.15, -0.1) is 0 Å². The Hall–Kier alpha value is -8.20. The summed E-state index contributed by atoms with van der Waals surface area (Å²) in [4.78, 5) is 4.88. The van der Waals surface area contributed by atoms with Gasteiger partial charge in [0.05, 0.1) is 16.8 Å². The molecule has 63 heavy (non-hydrogen) atoms. The highest BCUT2D eigenvalue weighted by atomic mass is 15.2. The second kappa shape index (κ2) is 15.1. The van der Waals surface area contributed by atoms with E-state index in [4.69, 9.17) is 0 Å². The first kappa shape index (κ1) is 36.6. The highest BCUT2D eigenvalue weighted by molar-refractivity contribution is 6.02. The lowest BCUT2D eigenvalue weighted by Crippen LogP contribution is -2.26. The molecule has 0 bridgehead atoms. The first-order valence-electron chi connectivity index (χ1n) is 21.8. The molecule has 296 valence electrons. The molecule has 0 N–H and O–H groups in total. The summed E-state index contributed by atoms with van der Waals surface area (Å²) < 4.78 is 0. The minimum atomic E-state index is -0.565. The highest BCUT2D eigenvalue weighted by Crippen LogP contribution is 2.65. The Balaban J connectivity index is 1.12. The molecule has 2 aliphatic carbocycles. The fourth-order valence-corrected chi connectivity index (χ4v) is 10.5. The Labute approximate surface area is 369 Å². The van der Waals surface area contributed by atoms with Crippen molar-refractivity contribution in [3.05, 3.63) is 277 Å². The molecule has 0 saturated heterocycles. The second-order valence-corrected chi connectivity index (χ2v) is 16.4. The van der Waals surface area contributed by atoms with Crippen LogP contribution < -0.4 is 9.80 Å². The molecule has 0 radical (unpaired) electrons. The lowest BCUT2D eigenvalue weighted by Gasteiger charge is -2.33. The van der Waals surface area contributed by atoms with Crippen LogP contribution in [0.2, 0.25) is 0 Å². The zero-order valence-corrected chi connectivity index (χ0v) is 34.6. The predicted molar refractivity (Wildman–Crippen MR) is 263 cm³/mol. The Bertz CT molecular complexity index is 3230. The smallest absolute Gasteiger partial charge is 0.0727 e. The monoisotopic (exact) mass is 802 g/mol. The lowest BCUT2D eigenvalue weighted by molar-refractivity contribution is 0.793. The zero-order chi connectivity index (χ0) is 41.7. The van der Waals surface area contributed by atoms with E-state index in [1.54, 1.807) is 0 Å². The van der Waals surface area contributed by atoms with Crippen LogP contribution in [0.25, 0.3) is 44.5 Å². The van der Waals surface area contributed by atoms with Gasteiger partial charge in [-0.25, -0.2) is 0 Å². The number of rotatable bonds is 8. The maximum absolute atomic E-state index is 2.49. The highest BCUT2D eigenvalue weighted by Gasteiger charge is 2.52. The number of para-hydroxylation sites is 3. The van der Waals surface area contributed by atoms with Crippen molar-refractivity contribution in [3.8, 4) is 44.5 Å². The Morgan fingerprint density at radius 2 is 0.714 bits per heavy atom. The van der Waals surface area contributed by atoms with Crippen molar-refractivity contribution < 1.29 is 0 Å². The quantitative estimate of drug-likeness (QED) is 0.151. The number of nitrogens with zero attached hydrogens (tertiary/aromatic N) is 2. The molecule has 0 amide bonds. The summed E-state index contributed by atoms with van der Waals surface area (Å²) in [5, 5.41) is 0. The number of hydrogen-bond acceptors (Lipinski definition) is 2. The van der Waals surface area contributed by atoms with Gasteiger partial charge in [0.2, 0.25) is 0 Å². The number of benzene rings is 10. The largest absolute Gasteiger partial charge is 0.310 e. The summed E-state index contributed by atoms with van der Waals surface area (Å²) in [6, 6.07) is 93.2. The van der Waals surface area contributed by atoms with Crippen LogP contribution in [0, 0.1) is 0 Å². The van der Waals surface area contributed by atoms with E-state index in [2.05, 4.69) is 265 Å². The van der Waals surface area contributed by atoms with Gasteiger partial charge in [-0.05, 0) is 122 Å². The summed E-state index contributed by atoms with van der Waals surface area (Å²) in [7, 11) is 0. The normalized spacial score (nSPS) is 14.1. The minimum absolute atomic E-state index is 0.565.